The monoisotopic (exact) mass is 586 g/mol. The maximum atomic E-state index is 10.2. The van der Waals surface area contributed by atoms with E-state index in [1.54, 1.807) is 0 Å². The van der Waals surface area contributed by atoms with Crippen molar-refractivity contribution in [2.24, 2.45) is 0 Å². The predicted molar refractivity (Wildman–Crippen MR) is 83.9 cm³/mol. The quantitative estimate of drug-likeness (QED) is 0.160. The van der Waals surface area contributed by atoms with E-state index < -0.39 is 7.82 Å². The van der Waals surface area contributed by atoms with Crippen molar-refractivity contribution < 1.29 is 157 Å². The van der Waals surface area contributed by atoms with Gasteiger partial charge in [-0.05, 0) is 6.42 Å². The molecule has 0 heterocycles. The zero-order chi connectivity index (χ0) is 15.8. The van der Waals surface area contributed by atoms with E-state index in [0.29, 0.717) is 6.42 Å². The Kier molecular flexibility index (Phi) is 33.6. The number of hydrogen-bond donors (Lipinski definition) is 0. The number of phosphoric ester groups is 1. The Morgan fingerprint density at radius 1 is 0.652 bits per heavy atom. The van der Waals surface area contributed by atoms with Gasteiger partial charge in [0.05, 0.1) is 14.4 Å². The summed E-state index contributed by atoms with van der Waals surface area (Å²) >= 11 is 0. The predicted octanol–water partition coefficient (Wildman–Crippen LogP) is -1.68. The summed E-state index contributed by atoms with van der Waals surface area (Å²) in [5.74, 6) is 0. The molecule has 0 unspecified atom stereocenters. The van der Waals surface area contributed by atoms with Crippen LogP contribution in [0, 0.1) is 0 Å². The van der Waals surface area contributed by atoms with E-state index in [2.05, 4.69) is 11.4 Å². The smallest absolute Gasteiger partial charge is 0.790 e. The van der Waals surface area contributed by atoms with Crippen molar-refractivity contribution in [3.63, 3.8) is 0 Å². The molecule has 0 bridgehead atoms. The second-order valence-electron chi connectivity index (χ2n) is 5.88. The van der Waals surface area contributed by atoms with E-state index in [1.807, 2.05) is 0 Å². The second-order valence-corrected chi connectivity index (χ2v) is 7.03. The molecule has 0 N–H and O–H groups in total. The van der Waals surface area contributed by atoms with Crippen molar-refractivity contribution in [2.45, 2.75) is 96.8 Å². The molecule has 0 saturated heterocycles. The van der Waals surface area contributed by atoms with Crippen LogP contribution in [-0.4, -0.2) is 6.61 Å². The summed E-state index contributed by atoms with van der Waals surface area (Å²) in [6, 6.07) is 0. The molecule has 0 rings (SSSR count). The van der Waals surface area contributed by atoms with Crippen LogP contribution in [0.2, 0.25) is 0 Å². The molecular weight excluding hydrogens is 553 g/mol. The molecule has 0 atom stereocenters. The third-order valence-electron chi connectivity index (χ3n) is 3.75. The van der Waals surface area contributed by atoms with Crippen LogP contribution in [0.15, 0.2) is 0 Å². The van der Waals surface area contributed by atoms with Crippen molar-refractivity contribution in [2.75, 3.05) is 6.61 Å². The van der Waals surface area contributed by atoms with Crippen LogP contribution < -0.4 is 148 Å². The summed E-state index contributed by atoms with van der Waals surface area (Å²) in [6.45, 7) is 2.29. The first-order valence-electron chi connectivity index (χ1n) is 8.73. The molecule has 0 aliphatic heterocycles. The van der Waals surface area contributed by atoms with Crippen LogP contribution >= 0.6 is 7.82 Å². The van der Waals surface area contributed by atoms with E-state index in [1.165, 1.54) is 70.6 Å². The van der Waals surface area contributed by atoms with Gasteiger partial charge in [0.25, 0.3) is 0 Å². The normalized spacial score (nSPS) is 10.9. The molecule has 0 aromatic carbocycles. The first-order chi connectivity index (χ1) is 10.1. The minimum absolute atomic E-state index is 0. The molecular formula is C16H33Cs2O4P. The van der Waals surface area contributed by atoms with Gasteiger partial charge in [0.1, 0.15) is 0 Å². The van der Waals surface area contributed by atoms with Gasteiger partial charge in [0.2, 0.25) is 0 Å². The third kappa shape index (κ3) is 31.1. The maximum Gasteiger partial charge on any atom is 1.00 e. The first kappa shape index (κ1) is 31.9. The van der Waals surface area contributed by atoms with Crippen LogP contribution in [0.1, 0.15) is 96.8 Å². The summed E-state index contributed by atoms with van der Waals surface area (Å²) in [4.78, 5) is 20.4. The van der Waals surface area contributed by atoms with Gasteiger partial charge in [-0.1, -0.05) is 90.4 Å². The number of phosphoric acid groups is 1. The van der Waals surface area contributed by atoms with Crippen molar-refractivity contribution >= 4 is 7.82 Å². The molecule has 128 valence electrons. The number of hydrogen-bond acceptors (Lipinski definition) is 4. The molecule has 4 nitrogen and oxygen atoms in total. The Bertz CT molecular complexity index is 262. The molecule has 0 saturated carbocycles. The van der Waals surface area contributed by atoms with Gasteiger partial charge >= 0.3 is 138 Å². The molecule has 0 aliphatic carbocycles. The van der Waals surface area contributed by atoms with Gasteiger partial charge in [0.15, 0.2) is 0 Å². The van der Waals surface area contributed by atoms with E-state index in [4.69, 9.17) is 0 Å². The minimum Gasteiger partial charge on any atom is -0.790 e. The van der Waals surface area contributed by atoms with E-state index in [9.17, 15) is 14.4 Å². The van der Waals surface area contributed by atoms with Crippen molar-refractivity contribution in [1.82, 2.24) is 0 Å². The average Bonchev–Trinajstić information content (AvgIpc) is 2.42. The topological polar surface area (TPSA) is 72.4 Å². The van der Waals surface area contributed by atoms with Gasteiger partial charge in [0, 0.05) is 0 Å². The van der Waals surface area contributed by atoms with Crippen LogP contribution in [-0.2, 0) is 9.09 Å². The Morgan fingerprint density at radius 2 is 0.957 bits per heavy atom. The van der Waals surface area contributed by atoms with Crippen LogP contribution in [0.5, 0.6) is 0 Å². The molecule has 0 aromatic heterocycles. The second kappa shape index (κ2) is 24.3. The molecule has 0 fully saturated rings. The number of unbranched alkanes of at least 4 members (excludes halogenated alkanes) is 13. The van der Waals surface area contributed by atoms with Gasteiger partial charge in [-0.15, -0.1) is 0 Å². The molecule has 0 aromatic rings. The maximum absolute atomic E-state index is 10.2. The summed E-state index contributed by atoms with van der Waals surface area (Å²) < 4.78 is 14.4. The van der Waals surface area contributed by atoms with Crippen molar-refractivity contribution in [3.8, 4) is 0 Å². The zero-order valence-electron chi connectivity index (χ0n) is 15.7. The van der Waals surface area contributed by atoms with Gasteiger partial charge in [-0.3, -0.25) is 0 Å². The summed E-state index contributed by atoms with van der Waals surface area (Å²) in [5, 5.41) is 0. The SMILES string of the molecule is CCCCCCCCCCCCCCCCOP(=O)([O-])[O-].[Cs+].[Cs+]. The Morgan fingerprint density at radius 3 is 1.26 bits per heavy atom. The van der Waals surface area contributed by atoms with Crippen molar-refractivity contribution in [1.29, 1.82) is 0 Å². The summed E-state index contributed by atoms with van der Waals surface area (Å²) in [7, 11) is -4.75. The largest absolute Gasteiger partial charge is 1.00 e. The summed E-state index contributed by atoms with van der Waals surface area (Å²) in [5.41, 5.74) is 0. The van der Waals surface area contributed by atoms with Gasteiger partial charge in [-0.25, -0.2) is 0 Å². The fourth-order valence-corrected chi connectivity index (χ4v) is 2.83. The van der Waals surface area contributed by atoms with Crippen LogP contribution in [0.4, 0.5) is 0 Å². The van der Waals surface area contributed by atoms with Crippen molar-refractivity contribution in [3.05, 3.63) is 0 Å². The Balaban J connectivity index is -0.00000200. The third-order valence-corrected chi connectivity index (χ3v) is 4.25. The summed E-state index contributed by atoms with van der Waals surface area (Å²) in [6.07, 6.45) is 17.4. The molecule has 7 heteroatoms. The molecule has 0 amide bonds. The molecule has 0 spiro atoms. The minimum atomic E-state index is -4.75. The Hall–Kier alpha value is 4.21. The van der Waals surface area contributed by atoms with Gasteiger partial charge < -0.3 is 18.9 Å². The standard InChI is InChI=1S/C16H35O4P.2Cs/c1-2-3-4-5-6-7-8-9-10-11-12-13-14-15-16-20-21(17,18)19;;/h2-16H2,1H3,(H2,17,18,19);;/q;2*+1/p-2. The fraction of sp³-hybridized carbons (Fsp3) is 1.00. The fourth-order valence-electron chi connectivity index (χ4n) is 2.47. The van der Waals surface area contributed by atoms with Crippen LogP contribution in [0.25, 0.3) is 0 Å². The zero-order valence-corrected chi connectivity index (χ0v) is 29.1. The van der Waals surface area contributed by atoms with Crippen LogP contribution in [0.3, 0.4) is 0 Å². The Labute approximate surface area is 261 Å². The van der Waals surface area contributed by atoms with E-state index >= 15 is 0 Å². The van der Waals surface area contributed by atoms with E-state index in [-0.39, 0.29) is 144 Å². The molecule has 0 aliphatic rings. The number of rotatable bonds is 16. The molecule has 23 heavy (non-hydrogen) atoms. The molecule has 0 radical (unpaired) electrons. The first-order valence-corrected chi connectivity index (χ1v) is 10.2. The van der Waals surface area contributed by atoms with E-state index in [0.717, 1.165) is 12.8 Å². The average molecular weight is 586 g/mol. The van der Waals surface area contributed by atoms with Gasteiger partial charge in [-0.2, -0.15) is 0 Å².